The zero-order chi connectivity index (χ0) is 26.0. The molecule has 192 valence electrons. The van der Waals surface area contributed by atoms with Gasteiger partial charge >= 0.3 is 0 Å². The maximum atomic E-state index is 13.7. The van der Waals surface area contributed by atoms with Crippen LogP contribution in [0.25, 0.3) is 16.6 Å². The molecule has 1 N–H and O–H groups in total. The highest BCUT2D eigenvalue weighted by molar-refractivity contribution is 6.74. The topological polar surface area (TPSA) is 81.1 Å². The molecule has 0 aliphatic carbocycles. The standard InChI is InChI=1S/C28H36N2O5Si/c1-8-33-25-17-11-9-10-12-21(17)29-24-22-13-18-19(14-30(22)26(31)23(24)25)16(2)35-27(32)20(18)15-34-36(6,7)28(3,4)5/h9-13,16,19,27,32H,8,14-15H2,1-7H3/t16-,19-,27?/m0/s1. The fraction of sp³-hybridized carbons (Fsp3) is 0.500. The lowest BCUT2D eigenvalue weighted by Gasteiger charge is -2.42. The molecule has 5 rings (SSSR count). The number of pyridine rings is 1. The molecule has 4 heterocycles. The van der Waals surface area contributed by atoms with Crippen LogP contribution in [0.2, 0.25) is 18.1 Å². The lowest BCUT2D eigenvalue weighted by Crippen LogP contribution is -2.46. The second-order valence-electron chi connectivity index (χ2n) is 11.4. The van der Waals surface area contributed by atoms with Gasteiger partial charge in [-0.2, -0.15) is 0 Å². The molecule has 0 saturated heterocycles. The number of benzene rings is 1. The van der Waals surface area contributed by atoms with E-state index in [1.165, 1.54) is 0 Å². The maximum absolute atomic E-state index is 13.7. The molecule has 0 fully saturated rings. The molecule has 8 heteroatoms. The van der Waals surface area contributed by atoms with Crippen LogP contribution in [-0.4, -0.2) is 61.4 Å². The van der Waals surface area contributed by atoms with Crippen molar-refractivity contribution < 1.29 is 23.8 Å². The predicted octanol–water partition coefficient (Wildman–Crippen LogP) is 5.12. The third-order valence-corrected chi connectivity index (χ3v) is 12.6. The second-order valence-corrected chi connectivity index (χ2v) is 16.2. The smallest absolute Gasteiger partial charge is 0.264 e. The van der Waals surface area contributed by atoms with Crippen LogP contribution in [0.4, 0.5) is 0 Å². The van der Waals surface area contributed by atoms with Gasteiger partial charge in [0, 0.05) is 23.4 Å². The molecule has 2 aromatic rings. The van der Waals surface area contributed by atoms with Crippen LogP contribution in [0.3, 0.4) is 0 Å². The Balaban J connectivity index is 1.65. The van der Waals surface area contributed by atoms with E-state index in [0.717, 1.165) is 27.7 Å². The molecule has 0 spiro atoms. The Morgan fingerprint density at radius 2 is 1.97 bits per heavy atom. The Morgan fingerprint density at radius 3 is 2.67 bits per heavy atom. The highest BCUT2D eigenvalue weighted by Gasteiger charge is 2.46. The summed E-state index contributed by atoms with van der Waals surface area (Å²) in [5, 5.41) is 11.8. The van der Waals surface area contributed by atoms with Gasteiger partial charge in [-0.05, 0) is 55.8 Å². The minimum atomic E-state index is -2.05. The highest BCUT2D eigenvalue weighted by atomic mass is 28.4. The molecule has 1 amide bonds. The molecule has 3 aliphatic heterocycles. The van der Waals surface area contributed by atoms with Gasteiger partial charge < -0.3 is 23.9 Å². The third kappa shape index (κ3) is 3.91. The lowest BCUT2D eigenvalue weighted by molar-refractivity contribution is -0.134. The first-order chi connectivity index (χ1) is 16.9. The molecule has 1 aromatic carbocycles. The number of aromatic nitrogens is 1. The van der Waals surface area contributed by atoms with Gasteiger partial charge in [-0.1, -0.05) is 32.9 Å². The number of rotatable bonds is 5. The molecule has 0 saturated carbocycles. The summed E-state index contributed by atoms with van der Waals surface area (Å²) in [5.41, 5.74) is 4.40. The number of ether oxygens (including phenoxy) is 2. The minimum absolute atomic E-state index is 0.0463. The molecular formula is C28H36N2O5Si. The van der Waals surface area contributed by atoms with Crippen LogP contribution < -0.4 is 4.74 Å². The Hall–Kier alpha value is -2.52. The molecule has 1 aromatic heterocycles. The minimum Gasteiger partial charge on any atom is -0.492 e. The first-order valence-corrected chi connectivity index (χ1v) is 15.6. The zero-order valence-electron chi connectivity index (χ0n) is 22.2. The number of amides is 1. The van der Waals surface area contributed by atoms with E-state index < -0.39 is 14.6 Å². The van der Waals surface area contributed by atoms with Gasteiger partial charge in [0.25, 0.3) is 5.91 Å². The molecule has 7 nitrogen and oxygen atoms in total. The third-order valence-electron chi connectivity index (χ3n) is 8.17. The summed E-state index contributed by atoms with van der Waals surface area (Å²) in [6, 6.07) is 7.75. The molecule has 1 unspecified atom stereocenters. The van der Waals surface area contributed by atoms with Gasteiger partial charge in [-0.3, -0.25) is 4.79 Å². The number of fused-ring (bicyclic) bond motifs is 5. The van der Waals surface area contributed by atoms with Gasteiger partial charge in [0.15, 0.2) is 14.6 Å². The molecule has 36 heavy (non-hydrogen) atoms. The zero-order valence-corrected chi connectivity index (χ0v) is 23.2. The van der Waals surface area contributed by atoms with Gasteiger partial charge in [-0.25, -0.2) is 4.98 Å². The van der Waals surface area contributed by atoms with Crippen LogP contribution in [-0.2, 0) is 9.16 Å². The molecule has 0 bridgehead atoms. The Bertz CT molecular complexity index is 1290. The largest absolute Gasteiger partial charge is 0.492 e. The number of hydrogen-bond donors (Lipinski definition) is 1. The molecular weight excluding hydrogens is 472 g/mol. The van der Waals surface area contributed by atoms with Gasteiger partial charge in [0.2, 0.25) is 0 Å². The number of carbonyl (C=O) groups excluding carboxylic acids is 1. The first kappa shape index (κ1) is 25.1. The predicted molar refractivity (Wildman–Crippen MR) is 142 cm³/mol. The number of aliphatic hydroxyl groups excluding tert-OH is 1. The van der Waals surface area contributed by atoms with Gasteiger partial charge in [0.05, 0.1) is 30.5 Å². The van der Waals surface area contributed by atoms with Crippen molar-refractivity contribution >= 4 is 30.8 Å². The average molecular weight is 509 g/mol. The van der Waals surface area contributed by atoms with Crippen molar-refractivity contribution in [3.8, 4) is 5.75 Å². The van der Waals surface area contributed by atoms with Crippen LogP contribution in [0.5, 0.6) is 5.75 Å². The van der Waals surface area contributed by atoms with E-state index in [1.54, 1.807) is 4.90 Å². The van der Waals surface area contributed by atoms with Crippen LogP contribution in [0.15, 0.2) is 41.5 Å². The van der Waals surface area contributed by atoms with Crippen LogP contribution in [0, 0.1) is 5.92 Å². The van der Waals surface area contributed by atoms with Crippen molar-refractivity contribution in [1.82, 2.24) is 9.88 Å². The first-order valence-electron chi connectivity index (χ1n) is 12.7. The number of allylic oxidation sites excluding steroid dienone is 1. The SMILES string of the molecule is CCOc1c2c(nc3ccccc13)C1=CC3=C(CO[Si](C)(C)C(C)(C)C)C(O)O[C@@H](C)[C@@H]3CN1C2=O. The quantitative estimate of drug-likeness (QED) is 0.565. The van der Waals surface area contributed by atoms with E-state index in [4.69, 9.17) is 18.9 Å². The number of carbonyl (C=O) groups is 1. The van der Waals surface area contributed by atoms with E-state index in [-0.39, 0.29) is 23.0 Å². The van der Waals surface area contributed by atoms with E-state index in [0.29, 0.717) is 36.8 Å². The fourth-order valence-electron chi connectivity index (χ4n) is 4.99. The summed E-state index contributed by atoms with van der Waals surface area (Å²) in [6.07, 6.45) is 0.723. The van der Waals surface area contributed by atoms with Crippen LogP contribution in [0.1, 0.15) is 50.7 Å². The van der Waals surface area contributed by atoms with Crippen LogP contribution >= 0.6 is 0 Å². The van der Waals surface area contributed by atoms with E-state index in [2.05, 4.69) is 33.9 Å². The van der Waals surface area contributed by atoms with E-state index in [1.807, 2.05) is 44.2 Å². The Morgan fingerprint density at radius 1 is 1.25 bits per heavy atom. The monoisotopic (exact) mass is 508 g/mol. The summed E-state index contributed by atoms with van der Waals surface area (Å²) in [5.74, 6) is 0.411. The summed E-state index contributed by atoms with van der Waals surface area (Å²) in [4.78, 5) is 20.4. The highest BCUT2D eigenvalue weighted by Crippen LogP contribution is 2.47. The van der Waals surface area contributed by atoms with Crippen molar-refractivity contribution in [2.24, 2.45) is 5.92 Å². The van der Waals surface area contributed by atoms with Gasteiger partial charge in [-0.15, -0.1) is 0 Å². The fourth-order valence-corrected chi connectivity index (χ4v) is 5.94. The van der Waals surface area contributed by atoms with Crippen molar-refractivity contribution in [3.63, 3.8) is 0 Å². The summed E-state index contributed by atoms with van der Waals surface area (Å²) in [6.45, 7) is 16.1. The number of aliphatic hydroxyl groups is 1. The Labute approximate surface area is 213 Å². The van der Waals surface area contributed by atoms with Crippen molar-refractivity contribution in [1.29, 1.82) is 0 Å². The molecule has 3 atom stereocenters. The summed E-state index contributed by atoms with van der Waals surface area (Å²) < 4.78 is 18.4. The molecule has 0 radical (unpaired) electrons. The average Bonchev–Trinajstić information content (AvgIpc) is 3.08. The van der Waals surface area contributed by atoms with Crippen molar-refractivity contribution in [2.75, 3.05) is 19.8 Å². The summed E-state index contributed by atoms with van der Waals surface area (Å²) in [7, 11) is -2.05. The second kappa shape index (κ2) is 8.80. The normalized spacial score (nSPS) is 24.0. The number of nitrogens with zero attached hydrogens (tertiary/aromatic N) is 2. The lowest BCUT2D eigenvalue weighted by atomic mass is 9.84. The van der Waals surface area contributed by atoms with E-state index >= 15 is 0 Å². The van der Waals surface area contributed by atoms with Gasteiger partial charge in [0.1, 0.15) is 17.0 Å². The number of hydrogen-bond acceptors (Lipinski definition) is 6. The van der Waals surface area contributed by atoms with Crippen molar-refractivity contribution in [3.05, 3.63) is 52.7 Å². The maximum Gasteiger partial charge on any atom is 0.264 e. The van der Waals surface area contributed by atoms with Crippen molar-refractivity contribution in [2.45, 2.75) is 65.1 Å². The van der Waals surface area contributed by atoms with E-state index in [9.17, 15) is 9.90 Å². The number of para-hydroxylation sites is 1. The summed E-state index contributed by atoms with van der Waals surface area (Å²) >= 11 is 0. The molecule has 3 aliphatic rings. The Kier molecular flexibility index (Phi) is 6.14.